The van der Waals surface area contributed by atoms with Gasteiger partial charge in [0.2, 0.25) is 0 Å². The van der Waals surface area contributed by atoms with E-state index >= 15 is 0 Å². The summed E-state index contributed by atoms with van der Waals surface area (Å²) in [4.78, 5) is 5.15. The zero-order valence-electron chi connectivity index (χ0n) is 15.0. The van der Waals surface area contributed by atoms with Crippen molar-refractivity contribution in [3.8, 4) is 0 Å². The number of piperidine rings is 1. The fourth-order valence-electron chi connectivity index (χ4n) is 4.04. The Morgan fingerprint density at radius 3 is 2.14 bits per heavy atom. The molecule has 0 atom stereocenters. The van der Waals surface area contributed by atoms with Crippen LogP contribution in [-0.2, 0) is 0 Å². The highest BCUT2D eigenvalue weighted by Crippen LogP contribution is 2.39. The minimum absolute atomic E-state index is 0.244. The summed E-state index contributed by atoms with van der Waals surface area (Å²) >= 11 is 0. The van der Waals surface area contributed by atoms with Crippen LogP contribution in [0.15, 0.2) is 0 Å². The van der Waals surface area contributed by atoms with Crippen molar-refractivity contribution >= 4 is 0 Å². The number of nitrogens with zero attached hydrogens (tertiary/aromatic N) is 2. The molecular formula is C18H37N3. The molecule has 21 heavy (non-hydrogen) atoms. The summed E-state index contributed by atoms with van der Waals surface area (Å²) in [6, 6.07) is 0.800. The van der Waals surface area contributed by atoms with Gasteiger partial charge in [-0.05, 0) is 79.1 Å². The van der Waals surface area contributed by atoms with Crippen molar-refractivity contribution in [3.05, 3.63) is 0 Å². The first-order chi connectivity index (χ1) is 9.80. The molecule has 1 N–H and O–H groups in total. The van der Waals surface area contributed by atoms with E-state index in [1.54, 1.807) is 0 Å². The summed E-state index contributed by atoms with van der Waals surface area (Å²) in [6.45, 7) is 12.0. The van der Waals surface area contributed by atoms with E-state index in [2.05, 4.69) is 50.0 Å². The number of rotatable bonds is 5. The third kappa shape index (κ3) is 5.22. The summed E-state index contributed by atoms with van der Waals surface area (Å²) in [5.74, 6) is 0. The number of nitrogens with one attached hydrogen (secondary N) is 1. The molecule has 0 unspecified atom stereocenters. The van der Waals surface area contributed by atoms with Crippen LogP contribution in [0, 0.1) is 5.41 Å². The minimum atomic E-state index is 0.244. The Morgan fingerprint density at radius 1 is 1.10 bits per heavy atom. The lowest BCUT2D eigenvalue weighted by atomic mass is 9.84. The lowest BCUT2D eigenvalue weighted by Crippen LogP contribution is -2.50. The summed E-state index contributed by atoms with van der Waals surface area (Å²) in [5.41, 5.74) is 0.783. The molecule has 0 aromatic rings. The van der Waals surface area contributed by atoms with Gasteiger partial charge in [0, 0.05) is 24.7 Å². The predicted octanol–water partition coefficient (Wildman–Crippen LogP) is 2.96. The predicted molar refractivity (Wildman–Crippen MR) is 91.8 cm³/mol. The molecule has 124 valence electrons. The molecule has 0 radical (unpaired) electrons. The molecule has 0 bridgehead atoms. The molecule has 0 aromatic carbocycles. The summed E-state index contributed by atoms with van der Waals surface area (Å²) in [7, 11) is 4.46. The fourth-order valence-corrected chi connectivity index (χ4v) is 4.04. The third-order valence-corrected chi connectivity index (χ3v) is 5.50. The first kappa shape index (κ1) is 17.2. The lowest BCUT2D eigenvalue weighted by Gasteiger charge is -2.41. The van der Waals surface area contributed by atoms with Gasteiger partial charge in [-0.2, -0.15) is 0 Å². The van der Waals surface area contributed by atoms with Gasteiger partial charge in [-0.15, -0.1) is 0 Å². The third-order valence-electron chi connectivity index (χ3n) is 5.50. The molecule has 1 aliphatic heterocycles. The smallest absolute Gasteiger partial charge is 0.0113 e. The molecule has 1 aliphatic carbocycles. The van der Waals surface area contributed by atoms with E-state index in [9.17, 15) is 0 Å². The molecular weight excluding hydrogens is 258 g/mol. The van der Waals surface area contributed by atoms with E-state index in [1.165, 1.54) is 64.7 Å². The van der Waals surface area contributed by atoms with Crippen LogP contribution < -0.4 is 5.32 Å². The van der Waals surface area contributed by atoms with E-state index in [1.807, 2.05) is 0 Å². The van der Waals surface area contributed by atoms with Crippen LogP contribution in [0.4, 0.5) is 0 Å². The van der Waals surface area contributed by atoms with Crippen molar-refractivity contribution in [2.24, 2.45) is 5.41 Å². The molecule has 0 spiro atoms. The van der Waals surface area contributed by atoms with Gasteiger partial charge in [-0.25, -0.2) is 0 Å². The zero-order valence-corrected chi connectivity index (χ0v) is 15.0. The van der Waals surface area contributed by atoms with E-state index in [0.29, 0.717) is 5.41 Å². The quantitative estimate of drug-likeness (QED) is 0.841. The van der Waals surface area contributed by atoms with Crippen molar-refractivity contribution < 1.29 is 0 Å². The van der Waals surface area contributed by atoms with E-state index < -0.39 is 0 Å². The Hall–Kier alpha value is -0.120. The normalized spacial score (nSPS) is 24.9. The number of hydrogen-bond acceptors (Lipinski definition) is 3. The van der Waals surface area contributed by atoms with Crippen LogP contribution >= 0.6 is 0 Å². The molecule has 2 rings (SSSR count). The molecule has 1 saturated carbocycles. The second-order valence-corrected chi connectivity index (χ2v) is 8.78. The van der Waals surface area contributed by atoms with Gasteiger partial charge in [-0.3, -0.25) is 0 Å². The van der Waals surface area contributed by atoms with Crippen LogP contribution in [0.5, 0.6) is 0 Å². The molecule has 0 aromatic heterocycles. The molecule has 1 heterocycles. The lowest BCUT2D eigenvalue weighted by molar-refractivity contribution is 0.0910. The largest absolute Gasteiger partial charge is 0.311 e. The zero-order chi connectivity index (χ0) is 15.5. The summed E-state index contributed by atoms with van der Waals surface area (Å²) in [6.07, 6.45) is 8.39. The van der Waals surface area contributed by atoms with Crippen LogP contribution in [-0.4, -0.2) is 61.7 Å². The van der Waals surface area contributed by atoms with Gasteiger partial charge in [-0.1, -0.05) is 12.8 Å². The Balaban J connectivity index is 1.86. The molecule has 3 heteroatoms. The monoisotopic (exact) mass is 295 g/mol. The molecule has 3 nitrogen and oxygen atoms in total. The van der Waals surface area contributed by atoms with Crippen LogP contribution in [0.3, 0.4) is 0 Å². The Labute approximate surface area is 132 Å². The molecule has 2 fully saturated rings. The molecule has 1 saturated heterocycles. The highest BCUT2D eigenvalue weighted by molar-refractivity contribution is 4.92. The second kappa shape index (κ2) is 6.97. The molecule has 0 amide bonds. The fraction of sp³-hybridized carbons (Fsp3) is 1.00. The van der Waals surface area contributed by atoms with E-state index in [4.69, 9.17) is 0 Å². The van der Waals surface area contributed by atoms with Gasteiger partial charge < -0.3 is 15.1 Å². The van der Waals surface area contributed by atoms with Gasteiger partial charge >= 0.3 is 0 Å². The van der Waals surface area contributed by atoms with Crippen LogP contribution in [0.1, 0.15) is 59.3 Å². The second-order valence-electron chi connectivity index (χ2n) is 8.78. The summed E-state index contributed by atoms with van der Waals surface area (Å²) < 4.78 is 0. The first-order valence-electron chi connectivity index (χ1n) is 8.94. The Morgan fingerprint density at radius 2 is 1.67 bits per heavy atom. The van der Waals surface area contributed by atoms with Gasteiger partial charge in [0.15, 0.2) is 0 Å². The van der Waals surface area contributed by atoms with Crippen LogP contribution in [0.2, 0.25) is 0 Å². The average molecular weight is 296 g/mol. The van der Waals surface area contributed by atoms with Gasteiger partial charge in [0.25, 0.3) is 0 Å². The topological polar surface area (TPSA) is 18.5 Å². The number of likely N-dealkylation sites (tertiary alicyclic amines) is 1. The minimum Gasteiger partial charge on any atom is -0.311 e. The van der Waals surface area contributed by atoms with Gasteiger partial charge in [0.05, 0.1) is 0 Å². The maximum absolute atomic E-state index is 3.79. The van der Waals surface area contributed by atoms with E-state index in [-0.39, 0.29) is 5.54 Å². The maximum atomic E-state index is 3.79. The Bertz CT molecular complexity index is 305. The number of hydrogen-bond donors (Lipinski definition) is 1. The van der Waals surface area contributed by atoms with Crippen molar-refractivity contribution in [1.29, 1.82) is 0 Å². The molecule has 2 aliphatic rings. The van der Waals surface area contributed by atoms with E-state index in [0.717, 1.165) is 6.04 Å². The van der Waals surface area contributed by atoms with Crippen molar-refractivity contribution in [1.82, 2.24) is 15.1 Å². The standard InChI is InChI=1S/C18H37N3/c1-17(2,3)19-14-18(10-6-7-11-18)15-21-12-8-16(9-13-21)20(4)5/h16,19H,6-15H2,1-5H3. The van der Waals surface area contributed by atoms with Crippen molar-refractivity contribution in [3.63, 3.8) is 0 Å². The SMILES string of the molecule is CN(C)C1CCN(CC2(CNC(C)(C)C)CCCC2)CC1. The summed E-state index contributed by atoms with van der Waals surface area (Å²) in [5, 5.41) is 3.79. The maximum Gasteiger partial charge on any atom is 0.0113 e. The van der Waals surface area contributed by atoms with Crippen molar-refractivity contribution in [2.75, 3.05) is 40.3 Å². The van der Waals surface area contributed by atoms with Crippen molar-refractivity contribution in [2.45, 2.75) is 70.9 Å². The highest BCUT2D eigenvalue weighted by atomic mass is 15.2. The highest BCUT2D eigenvalue weighted by Gasteiger charge is 2.37. The average Bonchev–Trinajstić information content (AvgIpc) is 2.85. The first-order valence-corrected chi connectivity index (χ1v) is 8.94. The Kier molecular flexibility index (Phi) is 5.72. The van der Waals surface area contributed by atoms with Crippen LogP contribution in [0.25, 0.3) is 0 Å². The van der Waals surface area contributed by atoms with Gasteiger partial charge in [0.1, 0.15) is 0 Å².